The van der Waals surface area contributed by atoms with E-state index in [1.165, 1.54) is 12.6 Å². The molecule has 0 saturated heterocycles. The van der Waals surface area contributed by atoms with Crippen LogP contribution >= 0.6 is 11.6 Å². The van der Waals surface area contributed by atoms with Gasteiger partial charge in [0.05, 0.1) is 17.5 Å². The van der Waals surface area contributed by atoms with Crippen molar-refractivity contribution >= 4 is 17.3 Å². The fourth-order valence-corrected chi connectivity index (χ4v) is 1.95. The average molecular weight is 244 g/mol. The molecule has 2 N–H and O–H groups in total. The number of anilines is 1. The molecule has 0 bridgehead atoms. The van der Waals surface area contributed by atoms with Gasteiger partial charge in [0.1, 0.15) is 5.02 Å². The zero-order valence-corrected chi connectivity index (χ0v) is 9.80. The maximum absolute atomic E-state index is 11.2. The smallest absolute Gasteiger partial charge is 0.285 e. The molecule has 0 aliphatic heterocycles. The van der Waals surface area contributed by atoms with Crippen LogP contribution in [-0.4, -0.2) is 29.5 Å². The molecular weight excluding hydrogens is 230 g/mol. The Labute approximate surface area is 98.2 Å². The van der Waals surface area contributed by atoms with E-state index in [1.54, 1.807) is 7.11 Å². The van der Waals surface area contributed by atoms with Crippen molar-refractivity contribution in [2.45, 2.75) is 24.9 Å². The molecule has 0 unspecified atom stereocenters. The van der Waals surface area contributed by atoms with Gasteiger partial charge >= 0.3 is 0 Å². The summed E-state index contributed by atoms with van der Waals surface area (Å²) in [6.45, 7) is 0.647. The summed E-state index contributed by atoms with van der Waals surface area (Å²) < 4.78 is 5.45. The lowest BCUT2D eigenvalue weighted by molar-refractivity contribution is -0.0601. The fourth-order valence-electron chi connectivity index (χ4n) is 1.79. The van der Waals surface area contributed by atoms with Crippen molar-refractivity contribution in [2.24, 2.45) is 0 Å². The highest BCUT2D eigenvalue weighted by Gasteiger charge is 2.36. The van der Waals surface area contributed by atoms with Gasteiger partial charge in [0.15, 0.2) is 0 Å². The predicted molar refractivity (Wildman–Crippen MR) is 61.9 cm³/mol. The summed E-state index contributed by atoms with van der Waals surface area (Å²) in [4.78, 5) is 11.2. The van der Waals surface area contributed by atoms with Crippen molar-refractivity contribution in [1.29, 1.82) is 0 Å². The number of nitrogens with one attached hydrogen (secondary N) is 2. The molecule has 2 rings (SSSR count). The number of hydrogen-bond donors (Lipinski definition) is 2. The van der Waals surface area contributed by atoms with Gasteiger partial charge in [-0.15, -0.1) is 0 Å². The minimum Gasteiger partial charge on any atom is -0.379 e. The highest BCUT2D eigenvalue weighted by atomic mass is 35.5. The largest absolute Gasteiger partial charge is 0.379 e. The average Bonchev–Trinajstić information content (AvgIpc) is 2.23. The van der Waals surface area contributed by atoms with Crippen molar-refractivity contribution in [2.75, 3.05) is 19.0 Å². The Bertz CT molecular complexity index is 423. The van der Waals surface area contributed by atoms with Crippen LogP contribution < -0.4 is 10.9 Å². The van der Waals surface area contributed by atoms with Crippen LogP contribution in [0.5, 0.6) is 0 Å². The molecule has 1 aromatic rings. The molecular formula is C10H14ClN3O2. The SMILES string of the molecule is COC1(CNc2cn[nH]c(=O)c2Cl)CCC1. The van der Waals surface area contributed by atoms with E-state index in [0.717, 1.165) is 12.8 Å². The molecule has 6 heteroatoms. The maximum Gasteiger partial charge on any atom is 0.285 e. The molecule has 1 aliphatic carbocycles. The summed E-state index contributed by atoms with van der Waals surface area (Å²) >= 11 is 5.84. The monoisotopic (exact) mass is 243 g/mol. The van der Waals surface area contributed by atoms with Gasteiger partial charge in [-0.1, -0.05) is 11.6 Å². The highest BCUT2D eigenvalue weighted by molar-refractivity contribution is 6.32. The van der Waals surface area contributed by atoms with Gasteiger partial charge in [-0.25, -0.2) is 5.10 Å². The Hall–Kier alpha value is -1.07. The summed E-state index contributed by atoms with van der Waals surface area (Å²) in [6.07, 6.45) is 4.75. The van der Waals surface area contributed by atoms with E-state index >= 15 is 0 Å². The number of nitrogens with zero attached hydrogens (tertiary/aromatic N) is 1. The number of rotatable bonds is 4. The molecule has 1 aliphatic rings. The van der Waals surface area contributed by atoms with E-state index in [1.807, 2.05) is 0 Å². The van der Waals surface area contributed by atoms with Crippen molar-refractivity contribution < 1.29 is 4.74 Å². The van der Waals surface area contributed by atoms with Gasteiger partial charge < -0.3 is 10.1 Å². The van der Waals surface area contributed by atoms with Gasteiger partial charge in [-0.3, -0.25) is 4.79 Å². The van der Waals surface area contributed by atoms with Gasteiger partial charge in [-0.2, -0.15) is 5.10 Å². The normalized spacial score (nSPS) is 17.9. The molecule has 1 saturated carbocycles. The minimum absolute atomic E-state index is 0.105. The summed E-state index contributed by atoms with van der Waals surface area (Å²) in [5.41, 5.74) is 0.0619. The lowest BCUT2D eigenvalue weighted by Gasteiger charge is -2.40. The molecule has 1 aromatic heterocycles. The third-order valence-corrected chi connectivity index (χ3v) is 3.47. The number of methoxy groups -OCH3 is 1. The number of H-pyrrole nitrogens is 1. The summed E-state index contributed by atoms with van der Waals surface area (Å²) in [6, 6.07) is 0. The number of aromatic nitrogens is 2. The first-order chi connectivity index (χ1) is 7.67. The van der Waals surface area contributed by atoms with Crippen LogP contribution in [0.15, 0.2) is 11.0 Å². The van der Waals surface area contributed by atoms with Crippen LogP contribution in [0.2, 0.25) is 5.02 Å². The topological polar surface area (TPSA) is 67.0 Å². The zero-order chi connectivity index (χ0) is 11.6. The first-order valence-corrected chi connectivity index (χ1v) is 5.57. The van der Waals surface area contributed by atoms with E-state index in [0.29, 0.717) is 12.2 Å². The van der Waals surface area contributed by atoms with Crippen molar-refractivity contribution in [3.63, 3.8) is 0 Å². The standard InChI is InChI=1S/C10H14ClN3O2/c1-16-10(3-2-4-10)6-12-7-5-13-14-9(15)8(7)11/h5H,2-4,6H2,1H3,(H2,12,14,15). The molecule has 0 atom stereocenters. The molecule has 0 radical (unpaired) electrons. The lowest BCUT2D eigenvalue weighted by atomic mass is 9.80. The highest BCUT2D eigenvalue weighted by Crippen LogP contribution is 2.35. The molecule has 1 heterocycles. The third kappa shape index (κ3) is 2.05. The summed E-state index contributed by atoms with van der Waals surface area (Å²) in [7, 11) is 1.71. The van der Waals surface area contributed by atoms with Gasteiger partial charge in [0, 0.05) is 13.7 Å². The van der Waals surface area contributed by atoms with E-state index in [9.17, 15) is 4.79 Å². The Kier molecular flexibility index (Phi) is 3.16. The second kappa shape index (κ2) is 4.43. The van der Waals surface area contributed by atoms with E-state index in [-0.39, 0.29) is 16.2 Å². The van der Waals surface area contributed by atoms with Crippen LogP contribution in [0.1, 0.15) is 19.3 Å². The Balaban J connectivity index is 2.04. The first kappa shape index (κ1) is 11.4. The number of aromatic amines is 1. The molecule has 88 valence electrons. The van der Waals surface area contributed by atoms with E-state index < -0.39 is 0 Å². The minimum atomic E-state index is -0.383. The molecule has 5 nitrogen and oxygen atoms in total. The van der Waals surface area contributed by atoms with Crippen LogP contribution in [0, 0.1) is 0 Å². The number of halogens is 1. The van der Waals surface area contributed by atoms with E-state index in [4.69, 9.17) is 16.3 Å². The van der Waals surface area contributed by atoms with Crippen LogP contribution in [0.3, 0.4) is 0 Å². The predicted octanol–water partition coefficient (Wildman–Crippen LogP) is 1.40. The number of ether oxygens (including phenoxy) is 1. The molecule has 0 amide bonds. The zero-order valence-electron chi connectivity index (χ0n) is 9.05. The molecule has 1 fully saturated rings. The lowest BCUT2D eigenvalue weighted by Crippen LogP contribution is -2.45. The van der Waals surface area contributed by atoms with Gasteiger partial charge in [0.2, 0.25) is 0 Å². The van der Waals surface area contributed by atoms with E-state index in [2.05, 4.69) is 15.5 Å². The second-order valence-corrected chi connectivity index (χ2v) is 4.40. The van der Waals surface area contributed by atoms with Crippen LogP contribution in [0.4, 0.5) is 5.69 Å². The van der Waals surface area contributed by atoms with Crippen LogP contribution in [-0.2, 0) is 4.74 Å². The molecule has 0 aromatic carbocycles. The Morgan fingerprint density at radius 2 is 2.44 bits per heavy atom. The van der Waals surface area contributed by atoms with Crippen molar-refractivity contribution in [1.82, 2.24) is 10.2 Å². The molecule has 0 spiro atoms. The van der Waals surface area contributed by atoms with Gasteiger partial charge in [0.25, 0.3) is 5.56 Å². The third-order valence-electron chi connectivity index (χ3n) is 3.09. The quantitative estimate of drug-likeness (QED) is 0.839. The Morgan fingerprint density at radius 3 is 3.00 bits per heavy atom. The number of hydrogen-bond acceptors (Lipinski definition) is 4. The molecule has 16 heavy (non-hydrogen) atoms. The fraction of sp³-hybridized carbons (Fsp3) is 0.600. The second-order valence-electron chi connectivity index (χ2n) is 4.02. The maximum atomic E-state index is 11.2. The summed E-state index contributed by atoms with van der Waals surface area (Å²) in [5, 5.41) is 9.21. The first-order valence-electron chi connectivity index (χ1n) is 5.19. The Morgan fingerprint density at radius 1 is 1.69 bits per heavy atom. The van der Waals surface area contributed by atoms with Crippen molar-refractivity contribution in [3.05, 3.63) is 21.6 Å². The van der Waals surface area contributed by atoms with Gasteiger partial charge in [-0.05, 0) is 19.3 Å². The van der Waals surface area contributed by atoms with Crippen LogP contribution in [0.25, 0.3) is 0 Å². The summed E-state index contributed by atoms with van der Waals surface area (Å²) in [5.74, 6) is 0. The van der Waals surface area contributed by atoms with Crippen molar-refractivity contribution in [3.8, 4) is 0 Å².